The molecule has 5 heterocycles. The Hall–Kier alpha value is -2.04. The van der Waals surface area contributed by atoms with Crippen LogP contribution in [0.25, 0.3) is 0 Å². The highest BCUT2D eigenvalue weighted by atomic mass is 32.2. The average molecular weight is 885 g/mol. The normalized spacial score (nSPS) is 40.4. The molecule has 22 nitrogen and oxygen atoms in total. The second-order valence-corrected chi connectivity index (χ2v) is 17.2. The zero-order valence-corrected chi connectivity index (χ0v) is 34.4. The highest BCUT2D eigenvalue weighted by molar-refractivity contribution is 8.00. The maximum atomic E-state index is 12.5. The standard InChI is InChI=1S/C37H64N4O18S/c1-17-25(46)28(49)30(51)34(55-17)59-33-32(58-35-31(52)29(50)26(47)19(14-42)56-35)27(48)20(15-43)57-36(33)54-13-7-12-39-22(44)9-3-2-6-11-38-23(45)10-5-4-8-21-24-18(16-60-21)40-37(53)41-24/h17-21,24-36,42-43,46-52H,2-16H2,1H3,(H,38,45)(H,39,44)(H2,40,41,53)/t17-,18-,19+,20+,21-,24-,25+,26-,27-,28+,29-,30-,31+,32-,33+,34-,35+,36+/m0/s1. The van der Waals surface area contributed by atoms with Crippen molar-refractivity contribution in [1.82, 2.24) is 21.3 Å². The first-order valence-electron chi connectivity index (χ1n) is 20.8. The first-order valence-corrected chi connectivity index (χ1v) is 21.9. The third-order valence-electron chi connectivity index (χ3n) is 11.4. The topological polar surface area (TPSA) is 337 Å². The average Bonchev–Trinajstić information content (AvgIpc) is 3.79. The van der Waals surface area contributed by atoms with E-state index in [2.05, 4.69) is 21.3 Å². The van der Waals surface area contributed by atoms with Crippen molar-refractivity contribution in [3.63, 3.8) is 0 Å². The molecule has 5 aliphatic rings. The minimum atomic E-state index is -1.89. The Morgan fingerprint density at radius 3 is 1.95 bits per heavy atom. The number of aliphatic hydroxyl groups is 9. The van der Waals surface area contributed by atoms with Crippen molar-refractivity contribution in [2.24, 2.45) is 0 Å². The monoisotopic (exact) mass is 884 g/mol. The molecule has 0 aromatic heterocycles. The number of hydrogen-bond acceptors (Lipinski definition) is 19. The van der Waals surface area contributed by atoms with Crippen LogP contribution in [0.1, 0.15) is 64.7 Å². The molecule has 23 heteroatoms. The molecule has 0 spiro atoms. The van der Waals surface area contributed by atoms with Crippen molar-refractivity contribution in [1.29, 1.82) is 0 Å². The van der Waals surface area contributed by atoms with Gasteiger partial charge in [0.2, 0.25) is 11.8 Å². The van der Waals surface area contributed by atoms with Gasteiger partial charge in [0.05, 0.1) is 38.0 Å². The third-order valence-corrected chi connectivity index (χ3v) is 13.0. The van der Waals surface area contributed by atoms with Gasteiger partial charge in [-0.2, -0.15) is 11.8 Å². The Balaban J connectivity index is 1.02. The number of nitrogens with one attached hydrogen (secondary N) is 4. The van der Waals surface area contributed by atoms with E-state index in [-0.39, 0.29) is 55.9 Å². The lowest BCUT2D eigenvalue weighted by Crippen LogP contribution is -2.67. The predicted octanol–water partition coefficient (Wildman–Crippen LogP) is -4.61. The fourth-order valence-corrected chi connectivity index (χ4v) is 9.40. The molecule has 5 saturated heterocycles. The van der Waals surface area contributed by atoms with Crippen molar-refractivity contribution < 1.29 is 88.8 Å². The summed E-state index contributed by atoms with van der Waals surface area (Å²) in [4.78, 5) is 36.3. The molecule has 0 aromatic carbocycles. The zero-order valence-electron chi connectivity index (χ0n) is 33.6. The van der Waals surface area contributed by atoms with Gasteiger partial charge in [-0.05, 0) is 39.0 Å². The molecule has 0 aliphatic carbocycles. The number of unbranched alkanes of at least 4 members (excludes halogenated alkanes) is 3. The second kappa shape index (κ2) is 23.6. The molecule has 5 rings (SSSR count). The number of urea groups is 1. The van der Waals surface area contributed by atoms with Gasteiger partial charge in [0.25, 0.3) is 0 Å². The zero-order chi connectivity index (χ0) is 43.5. The highest BCUT2D eigenvalue weighted by Gasteiger charge is 2.54. The van der Waals surface area contributed by atoms with Gasteiger partial charge in [-0.1, -0.05) is 12.8 Å². The summed E-state index contributed by atoms with van der Waals surface area (Å²) in [6, 6.07) is 0.246. The largest absolute Gasteiger partial charge is 0.394 e. The summed E-state index contributed by atoms with van der Waals surface area (Å²) in [5, 5.41) is 105. The fourth-order valence-electron chi connectivity index (χ4n) is 7.86. The van der Waals surface area contributed by atoms with Crippen LogP contribution < -0.4 is 21.3 Å². The van der Waals surface area contributed by atoms with Crippen LogP contribution in [0.3, 0.4) is 0 Å². The SMILES string of the molecule is C[C@@H]1O[C@@H](O[C@H]2[C@H](OCCCNC(=O)CCCCCNC(=O)CCCC[C@@H]3SC[C@@H]4NC(=O)N[C@@H]43)O[C@H](CO)[C@H](O)[C@@H]2O[C@H]2O[C@H](CO)[C@H](O)[C@H](O)[C@H]2O)[C@@H](O)[C@H](O)[C@@H]1O. The molecule has 0 aromatic rings. The summed E-state index contributed by atoms with van der Waals surface area (Å²) < 4.78 is 34.6. The van der Waals surface area contributed by atoms with E-state index in [9.17, 15) is 60.3 Å². The van der Waals surface area contributed by atoms with Crippen molar-refractivity contribution in [2.45, 2.75) is 174 Å². The van der Waals surface area contributed by atoms with Crippen molar-refractivity contribution >= 4 is 29.6 Å². The van der Waals surface area contributed by atoms with Gasteiger partial charge in [0, 0.05) is 36.9 Å². The Morgan fingerprint density at radius 1 is 0.683 bits per heavy atom. The van der Waals surface area contributed by atoms with E-state index in [1.165, 1.54) is 6.92 Å². The molecule has 5 aliphatic heterocycles. The van der Waals surface area contributed by atoms with Gasteiger partial charge in [-0.25, -0.2) is 4.79 Å². The lowest BCUT2D eigenvalue weighted by molar-refractivity contribution is -0.390. The van der Waals surface area contributed by atoms with Crippen LogP contribution in [0.5, 0.6) is 0 Å². The summed E-state index contributed by atoms with van der Waals surface area (Å²) in [5.74, 6) is 0.709. The van der Waals surface area contributed by atoms with Gasteiger partial charge in [-0.3, -0.25) is 9.59 Å². The summed E-state index contributed by atoms with van der Waals surface area (Å²) >= 11 is 1.86. The van der Waals surface area contributed by atoms with E-state index < -0.39 is 105 Å². The molecule has 346 valence electrons. The number of carbonyl (C=O) groups is 3. The molecule has 0 bridgehead atoms. The number of hydrogen-bond donors (Lipinski definition) is 13. The molecule has 0 radical (unpaired) electrons. The van der Waals surface area contributed by atoms with Crippen LogP contribution in [0.15, 0.2) is 0 Å². The van der Waals surface area contributed by atoms with Crippen molar-refractivity contribution in [3.05, 3.63) is 0 Å². The summed E-state index contributed by atoms with van der Waals surface area (Å²) in [6.45, 7) is 0.532. The van der Waals surface area contributed by atoms with Gasteiger partial charge >= 0.3 is 6.03 Å². The van der Waals surface area contributed by atoms with E-state index in [0.717, 1.165) is 37.9 Å². The van der Waals surface area contributed by atoms with Crippen molar-refractivity contribution in [3.8, 4) is 0 Å². The predicted molar refractivity (Wildman–Crippen MR) is 207 cm³/mol. The van der Waals surface area contributed by atoms with Crippen LogP contribution in [-0.4, -0.2) is 212 Å². The third kappa shape index (κ3) is 12.8. The molecule has 0 saturated carbocycles. The summed E-state index contributed by atoms with van der Waals surface area (Å²) in [5.41, 5.74) is 0. The van der Waals surface area contributed by atoms with Crippen LogP contribution in [-0.2, 0) is 38.0 Å². The molecular weight excluding hydrogens is 820 g/mol. The van der Waals surface area contributed by atoms with Gasteiger partial charge < -0.3 is 95.6 Å². The Kier molecular flexibility index (Phi) is 19.3. The van der Waals surface area contributed by atoms with Crippen LogP contribution in [0, 0.1) is 0 Å². The lowest BCUT2D eigenvalue weighted by Gasteiger charge is -2.48. The first kappa shape index (κ1) is 49.0. The molecule has 60 heavy (non-hydrogen) atoms. The van der Waals surface area contributed by atoms with Crippen LogP contribution in [0.2, 0.25) is 0 Å². The van der Waals surface area contributed by atoms with E-state index >= 15 is 0 Å². The Morgan fingerprint density at radius 2 is 1.27 bits per heavy atom. The number of carbonyl (C=O) groups excluding carboxylic acids is 3. The number of amides is 4. The lowest BCUT2D eigenvalue weighted by atomic mass is 9.96. The molecule has 5 fully saturated rings. The van der Waals surface area contributed by atoms with E-state index in [0.29, 0.717) is 24.6 Å². The van der Waals surface area contributed by atoms with Gasteiger partial charge in [0.15, 0.2) is 18.9 Å². The number of ether oxygens (including phenoxy) is 6. The minimum absolute atomic E-state index is 0.00712. The summed E-state index contributed by atoms with van der Waals surface area (Å²) in [6.07, 6.45) is -18.3. The Labute approximate surface area is 351 Å². The maximum Gasteiger partial charge on any atom is 0.315 e. The molecule has 0 unspecified atom stereocenters. The van der Waals surface area contributed by atoms with Gasteiger partial charge in [-0.15, -0.1) is 0 Å². The summed E-state index contributed by atoms with van der Waals surface area (Å²) in [7, 11) is 0. The van der Waals surface area contributed by atoms with E-state index in [4.69, 9.17) is 28.4 Å². The van der Waals surface area contributed by atoms with E-state index in [1.807, 2.05) is 11.8 Å². The molecular formula is C37H64N4O18S. The Bertz CT molecular complexity index is 1360. The quantitative estimate of drug-likeness (QED) is 0.0359. The highest BCUT2D eigenvalue weighted by Crippen LogP contribution is 2.35. The number of aliphatic hydroxyl groups excluding tert-OH is 9. The fraction of sp³-hybridized carbons (Fsp3) is 0.919. The van der Waals surface area contributed by atoms with Gasteiger partial charge in [0.1, 0.15) is 67.1 Å². The molecule has 13 N–H and O–H groups in total. The molecule has 4 amide bonds. The second-order valence-electron chi connectivity index (χ2n) is 15.9. The maximum absolute atomic E-state index is 12.5. The van der Waals surface area contributed by atoms with Crippen LogP contribution >= 0.6 is 11.8 Å². The van der Waals surface area contributed by atoms with E-state index in [1.54, 1.807) is 0 Å². The smallest absolute Gasteiger partial charge is 0.315 e. The van der Waals surface area contributed by atoms with Crippen molar-refractivity contribution in [2.75, 3.05) is 38.7 Å². The number of fused-ring (bicyclic) bond motifs is 1. The number of thioether (sulfide) groups is 1. The minimum Gasteiger partial charge on any atom is -0.394 e. The number of rotatable bonds is 22. The van der Waals surface area contributed by atoms with Crippen LogP contribution in [0.4, 0.5) is 4.79 Å². The molecule has 18 atom stereocenters. The first-order chi connectivity index (χ1) is 28.7.